The fourth-order valence-corrected chi connectivity index (χ4v) is 4.08. The summed E-state index contributed by atoms with van der Waals surface area (Å²) in [6.45, 7) is 5.07. The summed E-state index contributed by atoms with van der Waals surface area (Å²) in [5, 5.41) is 34.4. The van der Waals surface area contributed by atoms with E-state index in [0.29, 0.717) is 23.1 Å². The monoisotopic (exact) mass is 463 g/mol. The number of nitrogens with one attached hydrogen (secondary N) is 1. The molecular weight excluding hydrogens is 433 g/mol. The van der Waals surface area contributed by atoms with E-state index in [2.05, 4.69) is 5.32 Å². The number of rotatable bonds is 7. The smallest absolute Gasteiger partial charge is 0.229 e. The molecule has 0 aromatic heterocycles. The van der Waals surface area contributed by atoms with E-state index in [1.54, 1.807) is 32.0 Å². The average Bonchev–Trinajstić information content (AvgIpc) is 2.73. The zero-order valence-electron chi connectivity index (χ0n) is 19.0. The molecule has 0 unspecified atom stereocenters. The van der Waals surface area contributed by atoms with Gasteiger partial charge in [0.15, 0.2) is 0 Å². The van der Waals surface area contributed by atoms with Gasteiger partial charge in [0, 0.05) is 32.2 Å². The number of hydrogen-bond acceptors (Lipinski definition) is 7. The number of halogens is 1. The van der Waals surface area contributed by atoms with Crippen molar-refractivity contribution in [1.29, 1.82) is 0 Å². The number of aliphatic hydroxyl groups excluding tert-OH is 2. The molecule has 0 radical (unpaired) electrons. The molecular formula is C24H30FNO7. The number of carbonyl (C=O) groups is 1. The molecule has 1 heterocycles. The van der Waals surface area contributed by atoms with Crippen molar-refractivity contribution < 1.29 is 38.7 Å². The number of benzene rings is 2. The molecule has 1 saturated heterocycles. The van der Waals surface area contributed by atoms with E-state index < -0.39 is 36.0 Å². The summed E-state index contributed by atoms with van der Waals surface area (Å²) in [6.07, 6.45) is -4.41. The molecule has 4 atom stereocenters. The fourth-order valence-electron chi connectivity index (χ4n) is 4.08. The molecule has 1 aliphatic heterocycles. The number of methoxy groups -OCH3 is 1. The normalized spacial score (nSPS) is 24.3. The lowest BCUT2D eigenvalue weighted by Crippen LogP contribution is -2.63. The number of aliphatic hydroxyl groups is 2. The van der Waals surface area contributed by atoms with Gasteiger partial charge in [-0.05, 0) is 49.6 Å². The van der Waals surface area contributed by atoms with Gasteiger partial charge in [0.1, 0.15) is 35.6 Å². The predicted molar refractivity (Wildman–Crippen MR) is 118 cm³/mol. The summed E-state index contributed by atoms with van der Waals surface area (Å²) in [4.78, 5) is 11.2. The lowest BCUT2D eigenvalue weighted by molar-refractivity contribution is -0.305. The molecule has 4 N–H and O–H groups in total. The van der Waals surface area contributed by atoms with Crippen molar-refractivity contribution in [3.8, 4) is 22.6 Å². The number of carbonyl (C=O) groups excluding carboxylic acids is 1. The largest absolute Gasteiger partial charge is 0.508 e. The van der Waals surface area contributed by atoms with Crippen LogP contribution in [-0.2, 0) is 20.7 Å². The zero-order valence-corrected chi connectivity index (χ0v) is 19.0. The first-order valence-corrected chi connectivity index (χ1v) is 10.6. The van der Waals surface area contributed by atoms with Crippen molar-refractivity contribution in [2.24, 2.45) is 0 Å². The highest BCUT2D eigenvalue weighted by Crippen LogP contribution is 2.38. The Morgan fingerprint density at radius 3 is 2.58 bits per heavy atom. The molecule has 0 bridgehead atoms. The zero-order chi connectivity index (χ0) is 24.3. The number of amides is 1. The van der Waals surface area contributed by atoms with Crippen LogP contribution in [0.1, 0.15) is 26.3 Å². The van der Waals surface area contributed by atoms with E-state index in [-0.39, 0.29) is 24.0 Å². The highest BCUT2D eigenvalue weighted by molar-refractivity contribution is 5.74. The molecule has 8 nitrogen and oxygen atoms in total. The van der Waals surface area contributed by atoms with Crippen molar-refractivity contribution in [2.75, 3.05) is 13.7 Å². The van der Waals surface area contributed by atoms with Crippen LogP contribution in [0.2, 0.25) is 0 Å². The van der Waals surface area contributed by atoms with E-state index in [1.165, 1.54) is 32.2 Å². The predicted octanol–water partition coefficient (Wildman–Crippen LogP) is 2.13. The lowest BCUT2D eigenvalue weighted by Gasteiger charge is -2.46. The molecule has 180 valence electrons. The second-order valence-corrected chi connectivity index (χ2v) is 8.56. The van der Waals surface area contributed by atoms with E-state index in [0.717, 1.165) is 0 Å². The molecule has 2 aromatic rings. The molecule has 9 heteroatoms. The van der Waals surface area contributed by atoms with Crippen LogP contribution in [0.3, 0.4) is 0 Å². The highest BCUT2D eigenvalue weighted by Gasteiger charge is 2.50. The van der Waals surface area contributed by atoms with Gasteiger partial charge in [-0.1, -0.05) is 12.1 Å². The molecule has 0 aliphatic carbocycles. The van der Waals surface area contributed by atoms with E-state index >= 15 is 0 Å². The Morgan fingerprint density at radius 2 is 1.94 bits per heavy atom. The quantitative estimate of drug-likeness (QED) is 0.497. The molecule has 0 saturated carbocycles. The number of aromatic hydroxyl groups is 1. The van der Waals surface area contributed by atoms with Crippen molar-refractivity contribution >= 4 is 5.91 Å². The first-order chi connectivity index (χ1) is 15.5. The van der Waals surface area contributed by atoms with Crippen molar-refractivity contribution in [3.05, 3.63) is 47.8 Å². The molecule has 3 rings (SSSR count). The van der Waals surface area contributed by atoms with Gasteiger partial charge >= 0.3 is 0 Å². The topological polar surface area (TPSA) is 117 Å². The Labute approximate surface area is 191 Å². The van der Waals surface area contributed by atoms with Crippen LogP contribution in [0.15, 0.2) is 36.4 Å². The first-order valence-electron chi connectivity index (χ1n) is 10.6. The number of phenols is 1. The van der Waals surface area contributed by atoms with Gasteiger partial charge in [-0.25, -0.2) is 4.39 Å². The summed E-state index contributed by atoms with van der Waals surface area (Å²) in [5.74, 6) is -0.636. The van der Waals surface area contributed by atoms with Crippen LogP contribution >= 0.6 is 0 Å². The second-order valence-electron chi connectivity index (χ2n) is 8.56. The maximum absolute atomic E-state index is 13.9. The standard InChI is InChI=1S/C24H30FNO7/c1-13(27)26-9-8-17-18(14-6-5-7-15(25)10-14)11-16(12-19(17)28)32-23-21(30)20(29)22(31-4)24(2,3)33-23/h5-7,10-12,20-23,28-30H,8-9H2,1-4H3,(H,26,27)/t20-,21+,22+,23+/m0/s1. The van der Waals surface area contributed by atoms with Crippen LogP contribution in [0.25, 0.3) is 11.1 Å². The van der Waals surface area contributed by atoms with Crippen LogP contribution in [0, 0.1) is 5.82 Å². The summed E-state index contributed by atoms with van der Waals surface area (Å²) in [6, 6.07) is 8.81. The Kier molecular flexibility index (Phi) is 7.58. The number of hydrogen-bond donors (Lipinski definition) is 4. The summed E-state index contributed by atoms with van der Waals surface area (Å²) >= 11 is 0. The Morgan fingerprint density at radius 1 is 1.21 bits per heavy atom. The lowest BCUT2D eigenvalue weighted by atomic mass is 9.89. The second kappa shape index (κ2) is 10.0. The Hall–Kier alpha value is -2.72. The van der Waals surface area contributed by atoms with Crippen LogP contribution in [-0.4, -0.2) is 65.1 Å². The molecule has 1 aliphatic rings. The van der Waals surface area contributed by atoms with Gasteiger partial charge in [-0.15, -0.1) is 0 Å². The van der Waals surface area contributed by atoms with E-state index in [4.69, 9.17) is 14.2 Å². The van der Waals surface area contributed by atoms with Crippen LogP contribution in [0.5, 0.6) is 11.5 Å². The van der Waals surface area contributed by atoms with E-state index in [9.17, 15) is 24.5 Å². The molecule has 2 aromatic carbocycles. The summed E-state index contributed by atoms with van der Waals surface area (Å²) in [7, 11) is 1.41. The minimum Gasteiger partial charge on any atom is -0.508 e. The van der Waals surface area contributed by atoms with Crippen molar-refractivity contribution in [3.63, 3.8) is 0 Å². The Bertz CT molecular complexity index is 997. The minimum atomic E-state index is -1.41. The Balaban J connectivity index is 1.95. The first kappa shape index (κ1) is 24.9. The summed E-state index contributed by atoms with van der Waals surface area (Å²) in [5.41, 5.74) is 0.518. The highest BCUT2D eigenvalue weighted by atomic mass is 19.1. The SMILES string of the molecule is CO[C@@H]1[C@@H](O)[C@@H](O)[C@H](Oc2cc(O)c(CCNC(C)=O)c(-c3cccc(F)c3)c2)OC1(C)C. The van der Waals surface area contributed by atoms with Crippen LogP contribution in [0.4, 0.5) is 4.39 Å². The number of phenolic OH excluding ortho intramolecular Hbond substituents is 1. The maximum atomic E-state index is 13.9. The van der Waals surface area contributed by atoms with Gasteiger partial charge in [-0.3, -0.25) is 4.79 Å². The molecule has 33 heavy (non-hydrogen) atoms. The third kappa shape index (κ3) is 5.62. The number of ether oxygens (including phenoxy) is 3. The van der Waals surface area contributed by atoms with Crippen LogP contribution < -0.4 is 10.1 Å². The van der Waals surface area contributed by atoms with Gasteiger partial charge in [0.05, 0.1) is 5.60 Å². The van der Waals surface area contributed by atoms with Gasteiger partial charge in [-0.2, -0.15) is 0 Å². The molecule has 0 spiro atoms. The van der Waals surface area contributed by atoms with Gasteiger partial charge in [0.2, 0.25) is 12.2 Å². The van der Waals surface area contributed by atoms with Gasteiger partial charge in [0.25, 0.3) is 0 Å². The van der Waals surface area contributed by atoms with Crippen molar-refractivity contribution in [2.45, 2.75) is 57.4 Å². The fraction of sp³-hybridized carbons (Fsp3) is 0.458. The van der Waals surface area contributed by atoms with E-state index in [1.807, 2.05) is 0 Å². The summed E-state index contributed by atoms with van der Waals surface area (Å²) < 4.78 is 30.9. The maximum Gasteiger partial charge on any atom is 0.229 e. The third-order valence-electron chi connectivity index (χ3n) is 5.63. The molecule has 1 fully saturated rings. The average molecular weight is 464 g/mol. The van der Waals surface area contributed by atoms with Crippen molar-refractivity contribution in [1.82, 2.24) is 5.32 Å². The molecule has 1 amide bonds. The van der Waals surface area contributed by atoms with Gasteiger partial charge < -0.3 is 34.8 Å². The third-order valence-corrected chi connectivity index (χ3v) is 5.63. The minimum absolute atomic E-state index is 0.128.